The lowest BCUT2D eigenvalue weighted by atomic mass is 9.97. The third-order valence-corrected chi connectivity index (χ3v) is 4.83. The van der Waals surface area contributed by atoms with Crippen molar-refractivity contribution in [1.29, 1.82) is 0 Å². The minimum absolute atomic E-state index is 0.181. The molecule has 2 amide bonds. The van der Waals surface area contributed by atoms with Gasteiger partial charge in [-0.15, -0.1) is 0 Å². The summed E-state index contributed by atoms with van der Waals surface area (Å²) in [4.78, 5) is 26.1. The fraction of sp³-hybridized carbons (Fsp3) is 0.882. The molecule has 1 aliphatic heterocycles. The van der Waals surface area contributed by atoms with Crippen molar-refractivity contribution in [2.75, 3.05) is 32.8 Å². The minimum Gasteiger partial charge on any atom is -0.381 e. The average Bonchev–Trinajstić information content (AvgIpc) is 3.07. The summed E-state index contributed by atoms with van der Waals surface area (Å²) in [5, 5.41) is 3.10. The van der Waals surface area contributed by atoms with Gasteiger partial charge in [0.15, 0.2) is 0 Å². The summed E-state index contributed by atoms with van der Waals surface area (Å²) in [6.07, 6.45) is 7.05. The molecule has 0 aromatic rings. The molecule has 126 valence electrons. The molecule has 1 unspecified atom stereocenters. The number of rotatable bonds is 7. The lowest BCUT2D eigenvalue weighted by Gasteiger charge is -2.33. The van der Waals surface area contributed by atoms with Crippen LogP contribution in [0.5, 0.6) is 0 Å². The molecular weight excluding hydrogens is 280 g/mol. The second-order valence-electron chi connectivity index (χ2n) is 6.52. The first-order valence-corrected chi connectivity index (χ1v) is 8.84. The molecular formula is C17H30N2O3. The Morgan fingerprint density at radius 1 is 1.18 bits per heavy atom. The molecule has 1 atom stereocenters. The van der Waals surface area contributed by atoms with E-state index in [1.54, 1.807) is 0 Å². The van der Waals surface area contributed by atoms with E-state index in [9.17, 15) is 9.59 Å². The lowest BCUT2D eigenvalue weighted by Crippen LogP contribution is -2.44. The third-order valence-electron chi connectivity index (χ3n) is 4.83. The average molecular weight is 310 g/mol. The van der Waals surface area contributed by atoms with Crippen LogP contribution in [0.15, 0.2) is 0 Å². The number of nitrogens with one attached hydrogen (secondary N) is 1. The largest absolute Gasteiger partial charge is 0.381 e. The van der Waals surface area contributed by atoms with Gasteiger partial charge in [-0.25, -0.2) is 0 Å². The van der Waals surface area contributed by atoms with Crippen molar-refractivity contribution in [2.24, 2.45) is 11.8 Å². The normalized spacial score (nSPS) is 22.8. The van der Waals surface area contributed by atoms with Gasteiger partial charge in [-0.3, -0.25) is 9.59 Å². The Labute approximate surface area is 133 Å². The lowest BCUT2D eigenvalue weighted by molar-refractivity contribution is -0.134. The van der Waals surface area contributed by atoms with Crippen LogP contribution >= 0.6 is 0 Å². The highest BCUT2D eigenvalue weighted by Crippen LogP contribution is 2.25. The fourth-order valence-corrected chi connectivity index (χ4v) is 3.50. The topological polar surface area (TPSA) is 58.6 Å². The van der Waals surface area contributed by atoms with Crippen molar-refractivity contribution in [3.05, 3.63) is 0 Å². The Balaban J connectivity index is 1.68. The van der Waals surface area contributed by atoms with Crippen LogP contribution in [0.3, 0.4) is 0 Å². The molecule has 22 heavy (non-hydrogen) atoms. The number of nitrogens with zero attached hydrogens (tertiary/aromatic N) is 1. The number of hydrogen-bond acceptors (Lipinski definition) is 3. The molecule has 1 saturated carbocycles. The van der Waals surface area contributed by atoms with Crippen molar-refractivity contribution in [3.8, 4) is 0 Å². The fourth-order valence-electron chi connectivity index (χ4n) is 3.50. The molecule has 1 heterocycles. The van der Waals surface area contributed by atoms with Crippen molar-refractivity contribution < 1.29 is 14.3 Å². The quantitative estimate of drug-likeness (QED) is 0.731. The van der Waals surface area contributed by atoms with E-state index in [2.05, 4.69) is 5.32 Å². The van der Waals surface area contributed by atoms with Crippen LogP contribution in [0.2, 0.25) is 0 Å². The van der Waals surface area contributed by atoms with Gasteiger partial charge in [0.05, 0.1) is 13.0 Å². The van der Waals surface area contributed by atoms with E-state index in [0.29, 0.717) is 32.1 Å². The molecule has 2 rings (SSSR count). The molecule has 1 saturated heterocycles. The van der Waals surface area contributed by atoms with E-state index in [0.717, 1.165) is 38.8 Å². The first-order valence-electron chi connectivity index (χ1n) is 8.84. The summed E-state index contributed by atoms with van der Waals surface area (Å²) in [6, 6.07) is 0. The molecule has 2 aliphatic rings. The Hall–Kier alpha value is -1.10. The van der Waals surface area contributed by atoms with Crippen LogP contribution in [-0.4, -0.2) is 49.6 Å². The van der Waals surface area contributed by atoms with Crippen LogP contribution in [0, 0.1) is 11.8 Å². The smallest absolute Gasteiger partial charge is 0.224 e. The zero-order chi connectivity index (χ0) is 15.8. The van der Waals surface area contributed by atoms with Crippen molar-refractivity contribution in [2.45, 2.75) is 51.9 Å². The molecule has 0 radical (unpaired) electrons. The molecule has 5 nitrogen and oxygen atoms in total. The molecule has 0 aromatic carbocycles. The number of carbonyl (C=O) groups excluding carboxylic acids is 2. The first kappa shape index (κ1) is 17.3. The molecule has 5 heteroatoms. The molecule has 1 N–H and O–H groups in total. The number of piperidine rings is 1. The second-order valence-corrected chi connectivity index (χ2v) is 6.52. The van der Waals surface area contributed by atoms with E-state index in [1.807, 2.05) is 11.8 Å². The Morgan fingerprint density at radius 2 is 1.95 bits per heavy atom. The highest BCUT2D eigenvalue weighted by molar-refractivity contribution is 5.79. The monoisotopic (exact) mass is 310 g/mol. The predicted octanol–water partition coefficient (Wildman–Crippen LogP) is 1.96. The zero-order valence-electron chi connectivity index (χ0n) is 13.8. The van der Waals surface area contributed by atoms with Gasteiger partial charge in [-0.1, -0.05) is 12.8 Å². The van der Waals surface area contributed by atoms with Crippen molar-refractivity contribution >= 4 is 11.8 Å². The summed E-state index contributed by atoms with van der Waals surface area (Å²) in [6.45, 7) is 5.44. The zero-order valence-corrected chi connectivity index (χ0v) is 13.8. The molecule has 0 spiro atoms. The van der Waals surface area contributed by atoms with E-state index in [4.69, 9.17) is 4.74 Å². The Morgan fingerprint density at radius 3 is 2.68 bits per heavy atom. The summed E-state index contributed by atoms with van der Waals surface area (Å²) in [5.74, 6) is 1.03. The van der Waals surface area contributed by atoms with Crippen LogP contribution in [0.1, 0.15) is 51.9 Å². The van der Waals surface area contributed by atoms with Crippen LogP contribution in [-0.2, 0) is 14.3 Å². The van der Waals surface area contributed by atoms with Crippen LogP contribution < -0.4 is 5.32 Å². The molecule has 0 aromatic heterocycles. The predicted molar refractivity (Wildman–Crippen MR) is 85.4 cm³/mol. The van der Waals surface area contributed by atoms with Crippen LogP contribution in [0.25, 0.3) is 0 Å². The minimum atomic E-state index is 0.181. The van der Waals surface area contributed by atoms with Crippen molar-refractivity contribution in [1.82, 2.24) is 10.2 Å². The molecule has 0 bridgehead atoms. The SMILES string of the molecule is CCOCCC(=O)N1CCCC(CNC(=O)C2CCCC2)C1. The molecule has 2 fully saturated rings. The summed E-state index contributed by atoms with van der Waals surface area (Å²) in [5.41, 5.74) is 0. The van der Waals surface area contributed by atoms with Gasteiger partial charge in [0, 0.05) is 32.2 Å². The number of hydrogen-bond donors (Lipinski definition) is 1. The number of carbonyl (C=O) groups is 2. The van der Waals surface area contributed by atoms with E-state index < -0.39 is 0 Å². The van der Waals surface area contributed by atoms with Crippen LogP contribution in [0.4, 0.5) is 0 Å². The van der Waals surface area contributed by atoms with Gasteiger partial charge in [0.2, 0.25) is 11.8 Å². The van der Waals surface area contributed by atoms with Gasteiger partial charge >= 0.3 is 0 Å². The summed E-state index contributed by atoms with van der Waals surface area (Å²) < 4.78 is 5.25. The Bertz CT molecular complexity index is 367. The number of amides is 2. The second kappa shape index (κ2) is 9.13. The third kappa shape index (κ3) is 5.27. The first-order chi connectivity index (χ1) is 10.7. The molecule has 1 aliphatic carbocycles. The standard InChI is InChI=1S/C17H30N2O3/c1-2-22-11-9-16(20)19-10-5-6-14(13-19)12-18-17(21)15-7-3-4-8-15/h14-15H,2-13H2,1H3,(H,18,21). The van der Waals surface area contributed by atoms with Gasteiger partial charge in [-0.2, -0.15) is 0 Å². The maximum Gasteiger partial charge on any atom is 0.224 e. The Kier molecular flexibility index (Phi) is 7.16. The maximum atomic E-state index is 12.1. The number of ether oxygens (including phenoxy) is 1. The maximum absolute atomic E-state index is 12.1. The summed E-state index contributed by atoms with van der Waals surface area (Å²) in [7, 11) is 0. The van der Waals surface area contributed by atoms with Gasteiger partial charge < -0.3 is 15.0 Å². The van der Waals surface area contributed by atoms with Gasteiger partial charge in [0.25, 0.3) is 0 Å². The van der Waals surface area contributed by atoms with Crippen molar-refractivity contribution in [3.63, 3.8) is 0 Å². The number of likely N-dealkylation sites (tertiary alicyclic amines) is 1. The summed E-state index contributed by atoms with van der Waals surface area (Å²) >= 11 is 0. The van der Waals surface area contributed by atoms with E-state index in [1.165, 1.54) is 12.8 Å². The van der Waals surface area contributed by atoms with Gasteiger partial charge in [0.1, 0.15) is 0 Å². The van der Waals surface area contributed by atoms with E-state index in [-0.39, 0.29) is 17.7 Å². The highest BCUT2D eigenvalue weighted by atomic mass is 16.5. The highest BCUT2D eigenvalue weighted by Gasteiger charge is 2.26. The van der Waals surface area contributed by atoms with Gasteiger partial charge in [-0.05, 0) is 38.5 Å². The van der Waals surface area contributed by atoms with E-state index >= 15 is 0 Å².